The van der Waals surface area contributed by atoms with Gasteiger partial charge in [0.1, 0.15) is 0 Å². The largest absolute Gasteiger partial charge is 0.481 e. The molecule has 0 unspecified atom stereocenters. The number of aromatic nitrogens is 2. The Morgan fingerprint density at radius 2 is 0.907 bits per heavy atom. The monoisotopic (exact) mass is 712 g/mol. The minimum atomic E-state index is -0.597. The summed E-state index contributed by atoms with van der Waals surface area (Å²) in [5.41, 5.74) is 10.3. The molecule has 6 aromatic rings. The number of pyridine rings is 2. The first-order chi connectivity index (χ1) is 26.3. The lowest BCUT2D eigenvalue weighted by Crippen LogP contribution is -2.23. The highest BCUT2D eigenvalue weighted by Gasteiger charge is 2.30. The summed E-state index contributed by atoms with van der Waals surface area (Å²) in [6, 6.07) is 38.2. The zero-order chi connectivity index (χ0) is 37.7. The van der Waals surface area contributed by atoms with Crippen LogP contribution in [0, 0.1) is 22.7 Å². The van der Waals surface area contributed by atoms with Gasteiger partial charge in [-0.05, 0) is 124 Å². The average Bonchev–Trinajstić information content (AvgIpc) is 3.23. The Kier molecular flexibility index (Phi) is 10.7. The molecule has 54 heavy (non-hydrogen) atoms. The Morgan fingerprint density at radius 3 is 1.26 bits per heavy atom. The van der Waals surface area contributed by atoms with Crippen molar-refractivity contribution in [3.8, 4) is 23.9 Å². The first-order valence-electron chi connectivity index (χ1n) is 19.2. The van der Waals surface area contributed by atoms with Gasteiger partial charge in [-0.2, -0.15) is 10.5 Å². The molecule has 0 bridgehead atoms. The van der Waals surface area contributed by atoms with E-state index in [1.165, 1.54) is 58.7 Å². The zero-order valence-electron chi connectivity index (χ0n) is 31.9. The summed E-state index contributed by atoms with van der Waals surface area (Å²) in [6.07, 6.45) is 10.4. The summed E-state index contributed by atoms with van der Waals surface area (Å²) >= 11 is 0. The van der Waals surface area contributed by atoms with Gasteiger partial charge in [0, 0.05) is 21.9 Å². The number of fused-ring (bicyclic) bond motifs is 6. The molecule has 0 amide bonds. The first kappa shape index (κ1) is 36.6. The van der Waals surface area contributed by atoms with E-state index >= 15 is 0 Å². The summed E-state index contributed by atoms with van der Waals surface area (Å²) in [5, 5.41) is 22.3. The minimum Gasteiger partial charge on any atom is -0.481 e. The van der Waals surface area contributed by atoms with E-state index in [4.69, 9.17) is 19.4 Å². The Hall–Kier alpha value is -5.72. The third-order valence-corrected chi connectivity index (χ3v) is 11.5. The van der Waals surface area contributed by atoms with Crippen molar-refractivity contribution < 1.29 is 9.47 Å². The van der Waals surface area contributed by atoms with Crippen LogP contribution in [-0.4, -0.2) is 24.2 Å². The molecule has 0 radical (unpaired) electrons. The second kappa shape index (κ2) is 15.7. The van der Waals surface area contributed by atoms with Gasteiger partial charge in [0.05, 0.1) is 48.2 Å². The van der Waals surface area contributed by atoms with Crippen molar-refractivity contribution in [2.24, 2.45) is 0 Å². The van der Waals surface area contributed by atoms with Crippen LogP contribution in [0.2, 0.25) is 0 Å². The van der Waals surface area contributed by atoms with Crippen LogP contribution in [0.1, 0.15) is 84.0 Å². The van der Waals surface area contributed by atoms with Crippen LogP contribution in [0.3, 0.4) is 0 Å². The van der Waals surface area contributed by atoms with E-state index in [1.807, 2.05) is 50.2 Å². The second-order valence-electron chi connectivity index (χ2n) is 15.2. The molecule has 2 aliphatic rings. The van der Waals surface area contributed by atoms with E-state index in [2.05, 4.69) is 72.8 Å². The van der Waals surface area contributed by atoms with Gasteiger partial charge < -0.3 is 9.47 Å². The smallest absolute Gasteiger partial charge is 0.217 e. The predicted molar refractivity (Wildman–Crippen MR) is 216 cm³/mol. The minimum absolute atomic E-state index is 0.597. The van der Waals surface area contributed by atoms with Crippen molar-refractivity contribution in [2.75, 3.05) is 14.2 Å². The van der Waals surface area contributed by atoms with E-state index in [0.717, 1.165) is 70.7 Å². The topological polar surface area (TPSA) is 91.8 Å². The molecule has 0 aliphatic heterocycles. The van der Waals surface area contributed by atoms with Crippen LogP contribution in [0.25, 0.3) is 21.8 Å². The summed E-state index contributed by atoms with van der Waals surface area (Å²) in [4.78, 5) is 9.58. The van der Waals surface area contributed by atoms with Crippen molar-refractivity contribution >= 4 is 21.8 Å². The number of nitriles is 2. The van der Waals surface area contributed by atoms with Gasteiger partial charge >= 0.3 is 0 Å². The molecular formula is C48H48N4O2. The number of nitrogens with zero attached hydrogens (tertiary/aromatic N) is 4. The molecule has 6 nitrogen and oxygen atoms in total. The van der Waals surface area contributed by atoms with E-state index in [0.29, 0.717) is 12.8 Å². The lowest BCUT2D eigenvalue weighted by Gasteiger charge is -2.24. The number of methoxy groups -OCH3 is 2. The van der Waals surface area contributed by atoms with E-state index in [9.17, 15) is 10.5 Å². The van der Waals surface area contributed by atoms with Gasteiger partial charge in [-0.15, -0.1) is 0 Å². The lowest BCUT2D eigenvalue weighted by atomic mass is 9.78. The third kappa shape index (κ3) is 7.27. The maximum absolute atomic E-state index is 9.97. The predicted octanol–water partition coefficient (Wildman–Crippen LogP) is 10.3. The molecule has 0 saturated heterocycles. The maximum atomic E-state index is 9.97. The Labute approximate surface area is 319 Å². The van der Waals surface area contributed by atoms with Gasteiger partial charge in [0.25, 0.3) is 0 Å². The fourth-order valence-corrected chi connectivity index (χ4v) is 8.43. The maximum Gasteiger partial charge on any atom is 0.217 e. The standard InChI is InChI=1S/2C24H24N2O/c2*1-24(16-25,15-17-8-4-3-5-9-17)18-12-13-20-19-10-6-7-11-21(19)23(27-2)26-22(20)14-18/h2*3-5,8-9,12-14H,6-7,10-11,15H2,1-2H3/t2*24-/m10/s1. The number of benzene rings is 4. The number of hydrogen-bond acceptors (Lipinski definition) is 6. The summed E-state index contributed by atoms with van der Waals surface area (Å²) < 4.78 is 11.2. The quantitative estimate of drug-likeness (QED) is 0.156. The van der Waals surface area contributed by atoms with Crippen LogP contribution in [0.4, 0.5) is 0 Å². The molecule has 0 fully saturated rings. The number of aryl methyl sites for hydroxylation is 2. The van der Waals surface area contributed by atoms with Crippen molar-refractivity contribution in [3.05, 3.63) is 142 Å². The third-order valence-electron chi connectivity index (χ3n) is 11.5. The highest BCUT2D eigenvalue weighted by molar-refractivity contribution is 5.86. The second-order valence-corrected chi connectivity index (χ2v) is 15.2. The molecule has 2 heterocycles. The van der Waals surface area contributed by atoms with Crippen LogP contribution < -0.4 is 9.47 Å². The molecule has 0 spiro atoms. The first-order valence-corrected chi connectivity index (χ1v) is 19.2. The molecular weight excluding hydrogens is 665 g/mol. The Balaban J connectivity index is 0.000000167. The Morgan fingerprint density at radius 1 is 0.537 bits per heavy atom. The zero-order valence-corrected chi connectivity index (χ0v) is 31.9. The molecule has 272 valence electrons. The van der Waals surface area contributed by atoms with E-state index in [1.54, 1.807) is 14.2 Å². The van der Waals surface area contributed by atoms with E-state index in [-0.39, 0.29) is 0 Å². The van der Waals surface area contributed by atoms with Gasteiger partial charge in [-0.25, -0.2) is 9.97 Å². The fourth-order valence-electron chi connectivity index (χ4n) is 8.43. The average molecular weight is 713 g/mol. The molecule has 0 N–H and O–H groups in total. The SMILES string of the molecule is COc1nc2cc([C@@](C)(C#N)Cc3ccccc3)ccc2c2c1CCCC2.COc1nc2cc([C@](C)(C#N)Cc3ccccc3)ccc2c2c1CCCC2. The normalized spacial score (nSPS) is 15.6. The molecule has 2 aliphatic carbocycles. The van der Waals surface area contributed by atoms with Crippen molar-refractivity contribution in [1.82, 2.24) is 9.97 Å². The van der Waals surface area contributed by atoms with E-state index < -0.39 is 10.8 Å². The van der Waals surface area contributed by atoms with Gasteiger partial charge in [-0.3, -0.25) is 0 Å². The summed E-state index contributed by atoms with van der Waals surface area (Å²) in [6.45, 7) is 4.02. The van der Waals surface area contributed by atoms with Crippen molar-refractivity contribution in [2.45, 2.75) is 88.9 Å². The van der Waals surface area contributed by atoms with Crippen LogP contribution in [-0.2, 0) is 49.4 Å². The van der Waals surface area contributed by atoms with Gasteiger partial charge in [-0.1, -0.05) is 84.9 Å². The fraction of sp³-hybridized carbons (Fsp3) is 0.333. The lowest BCUT2D eigenvalue weighted by molar-refractivity contribution is 0.391. The molecule has 6 heteroatoms. The van der Waals surface area contributed by atoms with Crippen LogP contribution >= 0.6 is 0 Å². The van der Waals surface area contributed by atoms with Crippen molar-refractivity contribution in [3.63, 3.8) is 0 Å². The molecule has 2 atom stereocenters. The highest BCUT2D eigenvalue weighted by atomic mass is 16.5. The molecule has 4 aromatic carbocycles. The van der Waals surface area contributed by atoms with Crippen LogP contribution in [0.5, 0.6) is 11.8 Å². The summed E-state index contributed by atoms with van der Waals surface area (Å²) in [7, 11) is 3.39. The molecule has 0 saturated carbocycles. The number of rotatable bonds is 8. The summed E-state index contributed by atoms with van der Waals surface area (Å²) in [5.74, 6) is 1.49. The van der Waals surface area contributed by atoms with Gasteiger partial charge in [0.15, 0.2) is 0 Å². The Bertz CT molecular complexity index is 2210. The van der Waals surface area contributed by atoms with Gasteiger partial charge in [0.2, 0.25) is 11.8 Å². The van der Waals surface area contributed by atoms with Crippen LogP contribution in [0.15, 0.2) is 97.1 Å². The molecule has 2 aromatic heterocycles. The highest BCUT2D eigenvalue weighted by Crippen LogP contribution is 2.38. The molecule has 8 rings (SSSR count). The number of hydrogen-bond donors (Lipinski definition) is 0. The number of ether oxygens (including phenoxy) is 2. The van der Waals surface area contributed by atoms with Crippen molar-refractivity contribution in [1.29, 1.82) is 10.5 Å².